The highest BCUT2D eigenvalue weighted by Crippen LogP contribution is 2.70. The number of fused-ring (bicyclic) bond motifs is 2. The zero-order chi connectivity index (χ0) is 10.5. The molecule has 4 aliphatic rings. The van der Waals surface area contributed by atoms with E-state index in [1.807, 2.05) is 0 Å². The fourth-order valence-electron chi connectivity index (χ4n) is 4.85. The lowest BCUT2D eigenvalue weighted by atomic mass is 9.79. The van der Waals surface area contributed by atoms with Crippen molar-refractivity contribution in [2.24, 2.45) is 35.5 Å². The van der Waals surface area contributed by atoms with Crippen LogP contribution in [0.5, 0.6) is 0 Å². The molecule has 0 amide bonds. The van der Waals surface area contributed by atoms with Gasteiger partial charge in [0.05, 0.1) is 9.65 Å². The SMILES string of the molecule is O=C1C(Br)C2C3CC4C(C(=O)C(Br)C42)C13. The third-order valence-electron chi connectivity index (χ3n) is 5.16. The fraction of sp³-hybridized carbons (Fsp3) is 0.818. The van der Waals surface area contributed by atoms with Crippen LogP contribution < -0.4 is 0 Å². The molecule has 2 nitrogen and oxygen atoms in total. The first kappa shape index (κ1) is 9.34. The normalized spacial score (nSPS) is 64.7. The highest BCUT2D eigenvalue weighted by Gasteiger charge is 2.74. The van der Waals surface area contributed by atoms with Gasteiger partial charge in [0.1, 0.15) is 0 Å². The average Bonchev–Trinajstić information content (AvgIpc) is 2.85. The maximum absolute atomic E-state index is 12.1. The standard InChI is InChI=1S/C11H10Br2O2/c12-8-4-2-1-3-5(4)9(13)11(15)7(3)6(2)10(8)14/h2-9H,1H2. The van der Waals surface area contributed by atoms with Crippen molar-refractivity contribution in [1.29, 1.82) is 0 Å². The molecule has 0 saturated heterocycles. The molecule has 0 aromatic heterocycles. The Morgan fingerprint density at radius 1 is 0.867 bits per heavy atom. The molecule has 0 aromatic rings. The van der Waals surface area contributed by atoms with Crippen molar-refractivity contribution >= 4 is 43.4 Å². The van der Waals surface area contributed by atoms with Gasteiger partial charge in [-0.1, -0.05) is 31.9 Å². The smallest absolute Gasteiger partial charge is 0.150 e. The van der Waals surface area contributed by atoms with Gasteiger partial charge >= 0.3 is 0 Å². The largest absolute Gasteiger partial charge is 0.298 e. The molecule has 8 atom stereocenters. The van der Waals surface area contributed by atoms with Gasteiger partial charge in [0, 0.05) is 11.8 Å². The van der Waals surface area contributed by atoms with Crippen LogP contribution in [0.4, 0.5) is 0 Å². The Morgan fingerprint density at radius 2 is 1.27 bits per heavy atom. The second-order valence-corrected chi connectivity index (χ2v) is 7.35. The lowest BCUT2D eigenvalue weighted by molar-refractivity contribution is -0.128. The van der Waals surface area contributed by atoms with E-state index in [4.69, 9.17) is 0 Å². The molecule has 2 bridgehead atoms. The number of hydrogen-bond acceptors (Lipinski definition) is 2. The average molecular weight is 334 g/mol. The van der Waals surface area contributed by atoms with Crippen LogP contribution in [0.3, 0.4) is 0 Å². The molecule has 4 aliphatic carbocycles. The van der Waals surface area contributed by atoms with Crippen molar-refractivity contribution in [1.82, 2.24) is 0 Å². The van der Waals surface area contributed by atoms with Gasteiger partial charge in [0.15, 0.2) is 11.6 Å². The van der Waals surface area contributed by atoms with E-state index in [1.165, 1.54) is 0 Å². The van der Waals surface area contributed by atoms with Crippen molar-refractivity contribution in [3.63, 3.8) is 0 Å². The van der Waals surface area contributed by atoms with Gasteiger partial charge in [-0.2, -0.15) is 0 Å². The van der Waals surface area contributed by atoms with Crippen molar-refractivity contribution < 1.29 is 9.59 Å². The van der Waals surface area contributed by atoms with Crippen LogP contribution in [0.1, 0.15) is 6.42 Å². The number of halogens is 2. The minimum atomic E-state index is 0.0284. The number of carbonyl (C=O) groups is 2. The Morgan fingerprint density at radius 3 is 1.67 bits per heavy atom. The van der Waals surface area contributed by atoms with Gasteiger partial charge in [-0.25, -0.2) is 0 Å². The minimum Gasteiger partial charge on any atom is -0.298 e. The topological polar surface area (TPSA) is 34.1 Å². The van der Waals surface area contributed by atoms with Crippen molar-refractivity contribution in [3.8, 4) is 0 Å². The molecule has 0 heterocycles. The van der Waals surface area contributed by atoms with Gasteiger partial charge in [0.2, 0.25) is 0 Å². The minimum absolute atomic E-state index is 0.0284. The zero-order valence-electron chi connectivity index (χ0n) is 7.90. The summed E-state index contributed by atoms with van der Waals surface area (Å²) in [7, 11) is 0. The van der Waals surface area contributed by atoms with E-state index in [0.29, 0.717) is 35.2 Å². The Labute approximate surface area is 104 Å². The number of alkyl halides is 2. The molecule has 0 aliphatic heterocycles. The number of ketones is 2. The number of carbonyl (C=O) groups excluding carboxylic acids is 2. The summed E-state index contributed by atoms with van der Waals surface area (Å²) in [6.07, 6.45) is 1.12. The third-order valence-corrected chi connectivity index (χ3v) is 7.29. The highest BCUT2D eigenvalue weighted by molar-refractivity contribution is 9.10. The van der Waals surface area contributed by atoms with Crippen LogP contribution in [0, 0.1) is 35.5 Å². The molecule has 0 spiro atoms. The summed E-state index contributed by atoms with van der Waals surface area (Å²) < 4.78 is 0. The van der Waals surface area contributed by atoms with Crippen LogP contribution in [0.15, 0.2) is 0 Å². The Hall–Kier alpha value is 0.300. The number of hydrogen-bond donors (Lipinski definition) is 0. The Bertz CT molecular complexity index is 358. The number of Topliss-reactive ketones (excluding diaryl/α,β-unsaturated/α-hetero) is 2. The number of rotatable bonds is 0. The fourth-order valence-corrected chi connectivity index (χ4v) is 6.95. The lowest BCUT2D eigenvalue weighted by Crippen LogP contribution is -2.29. The molecule has 4 heteroatoms. The maximum atomic E-state index is 12.1. The summed E-state index contributed by atoms with van der Waals surface area (Å²) in [6, 6.07) is 0. The van der Waals surface area contributed by atoms with Gasteiger partial charge in [-0.05, 0) is 30.1 Å². The monoisotopic (exact) mass is 332 g/mol. The Balaban J connectivity index is 1.93. The molecule has 4 fully saturated rings. The predicted molar refractivity (Wildman–Crippen MR) is 61.0 cm³/mol. The predicted octanol–water partition coefficient (Wildman–Crippen LogP) is 1.79. The van der Waals surface area contributed by atoms with Gasteiger partial charge in [-0.3, -0.25) is 9.59 Å². The summed E-state index contributed by atoms with van der Waals surface area (Å²) in [5, 5.41) is 0. The first-order chi connectivity index (χ1) is 7.13. The molecule has 0 N–H and O–H groups in total. The first-order valence-corrected chi connectivity index (χ1v) is 7.31. The zero-order valence-corrected chi connectivity index (χ0v) is 11.1. The van der Waals surface area contributed by atoms with Gasteiger partial charge in [-0.15, -0.1) is 0 Å². The van der Waals surface area contributed by atoms with E-state index in [9.17, 15) is 9.59 Å². The second kappa shape index (κ2) is 2.58. The van der Waals surface area contributed by atoms with Crippen LogP contribution in [0.2, 0.25) is 0 Å². The second-order valence-electron chi connectivity index (χ2n) is 5.38. The molecule has 80 valence electrons. The highest BCUT2D eigenvalue weighted by atomic mass is 79.9. The third kappa shape index (κ3) is 0.791. The molecular weight excluding hydrogens is 324 g/mol. The maximum Gasteiger partial charge on any atom is 0.150 e. The van der Waals surface area contributed by atoms with Crippen molar-refractivity contribution in [3.05, 3.63) is 0 Å². The van der Waals surface area contributed by atoms with Crippen molar-refractivity contribution in [2.75, 3.05) is 0 Å². The van der Waals surface area contributed by atoms with Crippen LogP contribution >= 0.6 is 31.9 Å². The summed E-state index contributed by atoms with van der Waals surface area (Å²) in [4.78, 5) is 24.2. The molecule has 4 rings (SSSR count). The van der Waals surface area contributed by atoms with E-state index in [-0.39, 0.29) is 21.5 Å². The Kier molecular flexibility index (Phi) is 1.61. The molecular formula is C11H10Br2O2. The lowest BCUT2D eigenvalue weighted by Gasteiger charge is -2.25. The summed E-state index contributed by atoms with van der Waals surface area (Å²) in [6.45, 7) is 0. The molecule has 15 heavy (non-hydrogen) atoms. The molecule has 8 unspecified atom stereocenters. The van der Waals surface area contributed by atoms with Crippen molar-refractivity contribution in [2.45, 2.75) is 16.1 Å². The van der Waals surface area contributed by atoms with Gasteiger partial charge in [0.25, 0.3) is 0 Å². The quantitative estimate of drug-likeness (QED) is 0.633. The summed E-state index contributed by atoms with van der Waals surface area (Å²) >= 11 is 7.09. The summed E-state index contributed by atoms with van der Waals surface area (Å²) in [5.41, 5.74) is 0. The first-order valence-electron chi connectivity index (χ1n) is 5.48. The molecule has 0 aromatic carbocycles. The van der Waals surface area contributed by atoms with E-state index < -0.39 is 0 Å². The van der Waals surface area contributed by atoms with E-state index in [2.05, 4.69) is 31.9 Å². The molecule has 0 radical (unpaired) electrons. The van der Waals surface area contributed by atoms with Crippen LogP contribution in [-0.2, 0) is 9.59 Å². The van der Waals surface area contributed by atoms with Crippen LogP contribution in [0.25, 0.3) is 0 Å². The van der Waals surface area contributed by atoms with E-state index in [0.717, 1.165) is 6.42 Å². The van der Waals surface area contributed by atoms with Gasteiger partial charge < -0.3 is 0 Å². The molecule has 4 saturated carbocycles. The van der Waals surface area contributed by atoms with E-state index in [1.54, 1.807) is 0 Å². The van der Waals surface area contributed by atoms with E-state index >= 15 is 0 Å². The summed E-state index contributed by atoms with van der Waals surface area (Å²) in [5.74, 6) is 2.63. The van der Waals surface area contributed by atoms with Crippen LogP contribution in [-0.4, -0.2) is 21.2 Å².